The number of hydrogen-bond acceptors (Lipinski definition) is 2. The van der Waals surface area contributed by atoms with Crippen molar-refractivity contribution in [1.29, 1.82) is 0 Å². The molecule has 0 saturated heterocycles. The van der Waals surface area contributed by atoms with Gasteiger partial charge in [-0.25, -0.2) is 0 Å². The highest BCUT2D eigenvalue weighted by atomic mass is 79.9. The minimum absolute atomic E-state index is 0.0269. The molecule has 0 saturated carbocycles. The summed E-state index contributed by atoms with van der Waals surface area (Å²) in [6.45, 7) is 4.46. The van der Waals surface area contributed by atoms with Crippen molar-refractivity contribution in [3.63, 3.8) is 0 Å². The second kappa shape index (κ2) is 7.05. The van der Waals surface area contributed by atoms with Crippen LogP contribution in [-0.2, 0) is 0 Å². The average Bonchev–Trinajstić information content (AvgIpc) is 2.26. The molecule has 1 aromatic carbocycles. The van der Waals surface area contributed by atoms with E-state index in [2.05, 4.69) is 35.1 Å². The Balaban J connectivity index is 2.67. The molecule has 2 nitrogen and oxygen atoms in total. The molecule has 90 valence electrons. The molecule has 0 aliphatic carbocycles. The van der Waals surface area contributed by atoms with E-state index in [1.54, 1.807) is 0 Å². The molecule has 1 aromatic rings. The molecule has 0 amide bonds. The van der Waals surface area contributed by atoms with E-state index in [0.29, 0.717) is 6.04 Å². The van der Waals surface area contributed by atoms with E-state index in [0.717, 1.165) is 22.9 Å². The van der Waals surface area contributed by atoms with E-state index < -0.39 is 0 Å². The fraction of sp³-hybridized carbons (Fsp3) is 0.538. The zero-order valence-corrected chi connectivity index (χ0v) is 11.5. The predicted octanol–water partition coefficient (Wildman–Crippen LogP) is 3.26. The Labute approximate surface area is 106 Å². The fourth-order valence-electron chi connectivity index (χ4n) is 1.84. The van der Waals surface area contributed by atoms with Gasteiger partial charge in [0.15, 0.2) is 0 Å². The summed E-state index contributed by atoms with van der Waals surface area (Å²) in [4.78, 5) is 0. The van der Waals surface area contributed by atoms with Crippen LogP contribution in [0.4, 0.5) is 0 Å². The molecule has 0 aromatic heterocycles. The van der Waals surface area contributed by atoms with E-state index in [9.17, 15) is 5.11 Å². The van der Waals surface area contributed by atoms with Gasteiger partial charge in [-0.15, -0.1) is 0 Å². The molecule has 16 heavy (non-hydrogen) atoms. The lowest BCUT2D eigenvalue weighted by Gasteiger charge is -2.22. The van der Waals surface area contributed by atoms with Crippen LogP contribution in [0.25, 0.3) is 0 Å². The van der Waals surface area contributed by atoms with Crippen LogP contribution < -0.4 is 5.32 Å². The summed E-state index contributed by atoms with van der Waals surface area (Å²) in [5, 5.41) is 12.8. The third kappa shape index (κ3) is 4.24. The standard InChI is InChI=1S/C13H20BrNO/c1-3-5-10(2)15-13(9-16)11-6-4-7-12(14)8-11/h4,6-8,10,13,15-16H,3,5,9H2,1-2H3. The Morgan fingerprint density at radius 2 is 2.19 bits per heavy atom. The molecule has 0 heterocycles. The van der Waals surface area contributed by atoms with Gasteiger partial charge < -0.3 is 10.4 Å². The summed E-state index contributed by atoms with van der Waals surface area (Å²) in [5.41, 5.74) is 1.12. The molecule has 2 atom stereocenters. The largest absolute Gasteiger partial charge is 0.394 e. The quantitative estimate of drug-likeness (QED) is 0.841. The first-order valence-electron chi connectivity index (χ1n) is 5.79. The van der Waals surface area contributed by atoms with Gasteiger partial charge in [-0.1, -0.05) is 41.4 Å². The van der Waals surface area contributed by atoms with Crippen molar-refractivity contribution < 1.29 is 5.11 Å². The number of hydrogen-bond donors (Lipinski definition) is 2. The first-order valence-corrected chi connectivity index (χ1v) is 6.59. The van der Waals surface area contributed by atoms with E-state index in [4.69, 9.17) is 0 Å². The molecule has 2 unspecified atom stereocenters. The van der Waals surface area contributed by atoms with Crippen LogP contribution in [0.1, 0.15) is 38.3 Å². The third-order valence-corrected chi connectivity index (χ3v) is 3.13. The SMILES string of the molecule is CCCC(C)NC(CO)c1cccc(Br)c1. The van der Waals surface area contributed by atoms with Gasteiger partial charge in [0.25, 0.3) is 0 Å². The highest BCUT2D eigenvalue weighted by molar-refractivity contribution is 9.10. The van der Waals surface area contributed by atoms with Crippen LogP contribution in [0.5, 0.6) is 0 Å². The Bertz CT molecular complexity index is 317. The summed E-state index contributed by atoms with van der Waals surface area (Å²) in [5.74, 6) is 0. The van der Waals surface area contributed by atoms with Crippen molar-refractivity contribution >= 4 is 15.9 Å². The zero-order chi connectivity index (χ0) is 12.0. The van der Waals surface area contributed by atoms with Crippen molar-refractivity contribution in [3.8, 4) is 0 Å². The second-order valence-electron chi connectivity index (χ2n) is 4.15. The van der Waals surface area contributed by atoms with Crippen LogP contribution in [0.15, 0.2) is 28.7 Å². The molecular weight excluding hydrogens is 266 g/mol. The maximum Gasteiger partial charge on any atom is 0.0626 e. The van der Waals surface area contributed by atoms with Gasteiger partial charge in [-0.05, 0) is 31.0 Å². The molecule has 3 heteroatoms. The number of halogens is 1. The van der Waals surface area contributed by atoms with Crippen molar-refractivity contribution in [2.45, 2.75) is 38.8 Å². The molecule has 0 aliphatic heterocycles. The van der Waals surface area contributed by atoms with Crippen LogP contribution in [0.2, 0.25) is 0 Å². The highest BCUT2D eigenvalue weighted by Crippen LogP contribution is 2.18. The van der Waals surface area contributed by atoms with E-state index in [1.807, 2.05) is 24.3 Å². The lowest BCUT2D eigenvalue weighted by molar-refractivity contribution is 0.233. The number of benzene rings is 1. The molecular formula is C13H20BrNO. The van der Waals surface area contributed by atoms with Gasteiger partial charge in [0.05, 0.1) is 12.6 Å². The number of aliphatic hydroxyl groups is 1. The van der Waals surface area contributed by atoms with E-state index >= 15 is 0 Å². The summed E-state index contributed by atoms with van der Waals surface area (Å²) in [6, 6.07) is 8.53. The Kier molecular flexibility index (Phi) is 6.03. The third-order valence-electron chi connectivity index (χ3n) is 2.64. The molecule has 1 rings (SSSR count). The van der Waals surface area contributed by atoms with Crippen LogP contribution in [0.3, 0.4) is 0 Å². The number of nitrogens with one attached hydrogen (secondary N) is 1. The molecule has 0 radical (unpaired) electrons. The first-order chi connectivity index (χ1) is 7.67. The Morgan fingerprint density at radius 3 is 2.75 bits per heavy atom. The lowest BCUT2D eigenvalue weighted by atomic mass is 10.1. The maximum absolute atomic E-state index is 9.41. The fourth-order valence-corrected chi connectivity index (χ4v) is 2.25. The first kappa shape index (κ1) is 13.7. The molecule has 0 fully saturated rings. The van der Waals surface area contributed by atoms with Crippen LogP contribution in [0, 0.1) is 0 Å². The minimum atomic E-state index is 0.0269. The molecule has 0 spiro atoms. The highest BCUT2D eigenvalue weighted by Gasteiger charge is 2.12. The summed E-state index contributed by atoms with van der Waals surface area (Å²) < 4.78 is 1.05. The summed E-state index contributed by atoms with van der Waals surface area (Å²) in [6.07, 6.45) is 2.29. The van der Waals surface area contributed by atoms with Gasteiger partial charge in [0.2, 0.25) is 0 Å². The zero-order valence-electron chi connectivity index (χ0n) is 9.91. The van der Waals surface area contributed by atoms with Crippen molar-refractivity contribution in [1.82, 2.24) is 5.32 Å². The monoisotopic (exact) mass is 285 g/mol. The van der Waals surface area contributed by atoms with Gasteiger partial charge in [-0.2, -0.15) is 0 Å². The van der Waals surface area contributed by atoms with Crippen molar-refractivity contribution in [3.05, 3.63) is 34.3 Å². The number of aliphatic hydroxyl groups excluding tert-OH is 1. The van der Waals surface area contributed by atoms with Gasteiger partial charge in [-0.3, -0.25) is 0 Å². The van der Waals surface area contributed by atoms with Crippen LogP contribution >= 0.6 is 15.9 Å². The van der Waals surface area contributed by atoms with E-state index in [-0.39, 0.29) is 12.6 Å². The second-order valence-corrected chi connectivity index (χ2v) is 5.06. The average molecular weight is 286 g/mol. The predicted molar refractivity (Wildman–Crippen MR) is 71.5 cm³/mol. The number of rotatable bonds is 6. The van der Waals surface area contributed by atoms with Gasteiger partial charge in [0, 0.05) is 10.5 Å². The normalized spacial score (nSPS) is 14.8. The van der Waals surface area contributed by atoms with Gasteiger partial charge >= 0.3 is 0 Å². The van der Waals surface area contributed by atoms with Gasteiger partial charge in [0.1, 0.15) is 0 Å². The Hall–Kier alpha value is -0.380. The molecule has 2 N–H and O–H groups in total. The smallest absolute Gasteiger partial charge is 0.0626 e. The van der Waals surface area contributed by atoms with E-state index in [1.165, 1.54) is 0 Å². The maximum atomic E-state index is 9.41. The molecule has 0 aliphatic rings. The summed E-state index contributed by atoms with van der Waals surface area (Å²) >= 11 is 3.45. The minimum Gasteiger partial charge on any atom is -0.394 e. The van der Waals surface area contributed by atoms with Crippen LogP contribution in [-0.4, -0.2) is 17.8 Å². The van der Waals surface area contributed by atoms with Crippen molar-refractivity contribution in [2.24, 2.45) is 0 Å². The topological polar surface area (TPSA) is 32.3 Å². The lowest BCUT2D eigenvalue weighted by Crippen LogP contribution is -2.32. The molecule has 0 bridgehead atoms. The summed E-state index contributed by atoms with van der Waals surface area (Å²) in [7, 11) is 0. The Morgan fingerprint density at radius 1 is 1.44 bits per heavy atom. The van der Waals surface area contributed by atoms with Crippen molar-refractivity contribution in [2.75, 3.05) is 6.61 Å².